The van der Waals surface area contributed by atoms with Crippen molar-refractivity contribution in [2.24, 2.45) is 0 Å². The second-order valence-corrected chi connectivity index (χ2v) is 23.7. The largest absolute Gasteiger partial charge is 0.354 e. The van der Waals surface area contributed by atoms with Crippen molar-refractivity contribution in [2.45, 2.75) is 129 Å². The van der Waals surface area contributed by atoms with Gasteiger partial charge in [-0.2, -0.15) is 0 Å². The first-order valence-corrected chi connectivity index (χ1v) is 32.1. The maximum Gasteiger partial charge on any atom is 0.176 e. The molecule has 0 spiro atoms. The van der Waals surface area contributed by atoms with Crippen LogP contribution >= 0.6 is 0 Å². The minimum atomic E-state index is 0.803. The highest BCUT2D eigenvalue weighted by atomic mass is 15.0. The number of hydrogen-bond donors (Lipinski definition) is 2. The third kappa shape index (κ3) is 14.2. The Balaban J connectivity index is 0.959. The number of aryl methyl sites for hydroxylation is 12. The molecule has 0 atom stereocenters. The monoisotopic (exact) mass is 1160 g/mol. The molecule has 8 bridgehead atoms. The lowest BCUT2D eigenvalue weighted by Gasteiger charge is -2.07. The Labute approximate surface area is 517 Å². The average Bonchev–Trinajstić information content (AvgIpc) is 2.17. The molecule has 0 amide bonds. The lowest BCUT2D eigenvalue weighted by atomic mass is 10.0. The van der Waals surface area contributed by atoms with Gasteiger partial charge in [0.2, 0.25) is 0 Å². The Morgan fingerprint density at radius 1 is 0.239 bits per heavy atom. The molecule has 12 nitrogen and oxygen atoms in total. The average molecular weight is 1160 g/mol. The summed E-state index contributed by atoms with van der Waals surface area (Å²) in [6, 6.07) is 52.4. The van der Waals surface area contributed by atoms with E-state index in [0.717, 1.165) is 219 Å². The molecule has 2 N–H and O–H groups in total. The number of nitrogens with one attached hydrogen (secondary N) is 2. The molecule has 13 rings (SSSR count). The zero-order valence-electron chi connectivity index (χ0n) is 50.7. The molecule has 0 saturated heterocycles. The lowest BCUT2D eigenvalue weighted by Crippen LogP contribution is -2.35. The van der Waals surface area contributed by atoms with Gasteiger partial charge < -0.3 is 9.97 Å². The van der Waals surface area contributed by atoms with Gasteiger partial charge in [-0.05, 0) is 74.2 Å². The summed E-state index contributed by atoms with van der Waals surface area (Å²) in [4.78, 5) is 19.9. The zero-order valence-corrected chi connectivity index (χ0v) is 50.7. The molecule has 0 saturated carbocycles. The molecule has 88 heavy (non-hydrogen) atoms. The molecule has 0 fully saturated rings. The Morgan fingerprint density at radius 2 is 0.443 bits per heavy atom. The highest BCUT2D eigenvalue weighted by Gasteiger charge is 2.25. The third-order valence-corrected chi connectivity index (χ3v) is 17.4. The fraction of sp³-hybridized carbons (Fsp3) is 0.263. The van der Waals surface area contributed by atoms with E-state index in [4.69, 9.17) is 9.97 Å². The van der Waals surface area contributed by atoms with Crippen molar-refractivity contribution in [1.29, 1.82) is 0 Å². The Bertz CT molecular complexity index is 3750. The summed E-state index contributed by atoms with van der Waals surface area (Å²) in [5.74, 6) is 0. The molecule has 0 aliphatic carbocycles. The van der Waals surface area contributed by atoms with E-state index in [1.54, 1.807) is 0 Å². The first-order valence-electron chi connectivity index (χ1n) is 32.1. The number of aromatic amines is 2. The second-order valence-electron chi connectivity index (χ2n) is 23.7. The summed E-state index contributed by atoms with van der Waals surface area (Å²) >= 11 is 0. The fourth-order valence-corrected chi connectivity index (χ4v) is 13.0. The van der Waals surface area contributed by atoms with Gasteiger partial charge in [0.15, 0.2) is 99.1 Å². The van der Waals surface area contributed by atoms with Crippen molar-refractivity contribution in [3.8, 4) is 44.5 Å². The van der Waals surface area contributed by atoms with Crippen LogP contribution in [0.4, 0.5) is 0 Å². The van der Waals surface area contributed by atoms with E-state index in [0.29, 0.717) is 0 Å². The van der Waals surface area contributed by atoms with Gasteiger partial charge in [-0.1, -0.05) is 24.3 Å². The Hall–Kier alpha value is -9.68. The van der Waals surface area contributed by atoms with Crippen molar-refractivity contribution in [3.05, 3.63) is 268 Å². The van der Waals surface area contributed by atoms with Gasteiger partial charge in [-0.25, -0.2) is 36.5 Å². The van der Waals surface area contributed by atoms with Crippen molar-refractivity contribution in [1.82, 2.24) is 19.9 Å². The van der Waals surface area contributed by atoms with Gasteiger partial charge in [-0.3, -0.25) is 9.97 Å². The molecular formula is C76H82N12+8. The third-order valence-electron chi connectivity index (χ3n) is 17.4. The number of fused-ring (bicyclic) bond motifs is 8. The molecule has 2 aliphatic rings. The van der Waals surface area contributed by atoms with E-state index in [2.05, 4.69) is 291 Å². The van der Waals surface area contributed by atoms with Crippen LogP contribution in [0, 0.1) is 0 Å². The molecule has 0 radical (unpaired) electrons. The van der Waals surface area contributed by atoms with Crippen LogP contribution in [-0.4, -0.2) is 19.9 Å². The van der Waals surface area contributed by atoms with E-state index in [1.807, 2.05) is 0 Å². The molecule has 13 heterocycles. The van der Waals surface area contributed by atoms with Gasteiger partial charge in [0.1, 0.15) is 52.4 Å². The molecule has 11 aromatic heterocycles. The van der Waals surface area contributed by atoms with Crippen LogP contribution in [0.3, 0.4) is 0 Å². The normalized spacial score (nSPS) is 12.2. The van der Waals surface area contributed by atoms with Gasteiger partial charge in [0, 0.05) is 191 Å². The van der Waals surface area contributed by atoms with Crippen molar-refractivity contribution < 1.29 is 36.5 Å². The van der Waals surface area contributed by atoms with Crippen LogP contribution in [0.25, 0.3) is 66.6 Å². The summed E-state index contributed by atoms with van der Waals surface area (Å²) in [7, 11) is 0. The number of pyridine rings is 8. The number of hydrogen-bond acceptors (Lipinski definition) is 2. The van der Waals surface area contributed by atoms with Gasteiger partial charge in [-0.15, -0.1) is 0 Å². The molecule has 0 unspecified atom stereocenters. The van der Waals surface area contributed by atoms with Crippen molar-refractivity contribution in [3.63, 3.8) is 0 Å². The standard InChI is InChI=1S/C76H82N12/c1-5-37-81(38-6-1)45-13-17-49-85-53-21-25-61(57-85)73-65-29-31-67(77-65)74(62-26-22-54-86(58-62)50-18-14-46-82-39-7-2-8-40-82)69-33-35-71(79-69)76(64-28-24-56-88(60-64)52-20-16-48-84-43-11-4-12-44-84)72-36-34-70(80-72)75(68-32-30-66(73)78-68)63-27-23-55-87(59-63)51-19-15-47-83-41-9-3-10-42-83/h1-12,21-29,31,34,36-44,53-60,77,80H,13-20,30,32-33,35,45-52H2/q+8. The quantitative estimate of drug-likeness (QED) is 0.0466. The molecule has 438 valence electrons. The number of rotatable bonds is 24. The Kier molecular flexibility index (Phi) is 18.4. The van der Waals surface area contributed by atoms with E-state index < -0.39 is 0 Å². The maximum atomic E-state index is 5.85. The summed E-state index contributed by atoms with van der Waals surface area (Å²) in [6.45, 7) is 7.67. The van der Waals surface area contributed by atoms with Gasteiger partial charge >= 0.3 is 0 Å². The predicted octanol–water partition coefficient (Wildman–Crippen LogP) is 10.8. The van der Waals surface area contributed by atoms with Gasteiger partial charge in [0.25, 0.3) is 0 Å². The first kappa shape index (κ1) is 57.4. The van der Waals surface area contributed by atoms with Crippen LogP contribution in [0.1, 0.15) is 74.1 Å². The molecule has 11 aromatic rings. The topological polar surface area (TPSA) is 88.4 Å². The van der Waals surface area contributed by atoms with E-state index in [-0.39, 0.29) is 0 Å². The Morgan fingerprint density at radius 3 is 0.670 bits per heavy atom. The fourth-order valence-electron chi connectivity index (χ4n) is 13.0. The highest BCUT2D eigenvalue weighted by Crippen LogP contribution is 2.38. The number of aromatic nitrogens is 12. The summed E-state index contributed by atoms with van der Waals surface area (Å²) in [6.07, 6.45) is 47.4. The minimum Gasteiger partial charge on any atom is -0.354 e. The number of nitrogens with zero attached hydrogens (tertiary/aromatic N) is 10. The van der Waals surface area contributed by atoms with Crippen LogP contribution in [0.15, 0.2) is 245 Å². The highest BCUT2D eigenvalue weighted by molar-refractivity contribution is 5.91. The number of H-pyrrole nitrogens is 2. The smallest absolute Gasteiger partial charge is 0.176 e. The zero-order chi connectivity index (χ0) is 59.1. The van der Waals surface area contributed by atoms with Crippen LogP contribution in [0.2, 0.25) is 0 Å². The van der Waals surface area contributed by atoms with Crippen LogP contribution < -0.4 is 36.5 Å². The molecule has 2 aliphatic heterocycles. The summed E-state index contributed by atoms with van der Waals surface area (Å²) < 4.78 is 18.6. The molecular weight excluding hydrogens is 1080 g/mol. The summed E-state index contributed by atoms with van der Waals surface area (Å²) in [5, 5.41) is 0. The van der Waals surface area contributed by atoms with E-state index in [9.17, 15) is 0 Å². The van der Waals surface area contributed by atoms with Gasteiger partial charge in [0.05, 0.1) is 22.8 Å². The minimum absolute atomic E-state index is 0.803. The van der Waals surface area contributed by atoms with E-state index in [1.165, 1.54) is 0 Å². The first-order chi connectivity index (χ1) is 43.6. The molecule has 0 aromatic carbocycles. The van der Waals surface area contributed by atoms with Crippen molar-refractivity contribution >= 4 is 22.1 Å². The van der Waals surface area contributed by atoms with Crippen LogP contribution in [-0.2, 0) is 78.0 Å². The molecule has 12 heteroatoms. The second kappa shape index (κ2) is 28.2. The summed E-state index contributed by atoms with van der Waals surface area (Å²) in [5.41, 5.74) is 17.7. The van der Waals surface area contributed by atoms with Crippen molar-refractivity contribution in [2.75, 3.05) is 0 Å². The number of unbranched alkanes of at least 4 members (excludes halogenated alkanes) is 4. The SMILES string of the molecule is c1cc[n+](CCCC[n+]2cccc(-c3c4nc(c(-c5ccc[n+](CCCC[n+]6ccccc6)c5)c5ccc([nH]5)c(-c5ccc[n+](CCCC[n+]6ccccc6)c5)c5nc(c(-c6ccc[n+](CCCC[n+]7ccccc7)c6)c6ccc3[nH]6)CC5)CC4)c2)cc1. The van der Waals surface area contributed by atoms with Crippen LogP contribution in [0.5, 0.6) is 0 Å². The maximum absolute atomic E-state index is 5.85. The van der Waals surface area contributed by atoms with E-state index >= 15 is 0 Å². The predicted molar refractivity (Wildman–Crippen MR) is 342 cm³/mol. The lowest BCUT2D eigenvalue weighted by molar-refractivity contribution is -0.707.